The highest BCUT2D eigenvalue weighted by molar-refractivity contribution is 9.10. The minimum atomic E-state index is -0.113. The van der Waals surface area contributed by atoms with Gasteiger partial charge in [-0.2, -0.15) is 0 Å². The molecular formula is C18H14BrN3O. The topological polar surface area (TPSA) is 54.9 Å². The van der Waals surface area contributed by atoms with Gasteiger partial charge < -0.3 is 5.32 Å². The van der Waals surface area contributed by atoms with Crippen molar-refractivity contribution in [3.05, 3.63) is 82.7 Å². The van der Waals surface area contributed by atoms with E-state index in [1.54, 1.807) is 30.7 Å². The van der Waals surface area contributed by atoms with E-state index in [0.29, 0.717) is 12.1 Å². The van der Waals surface area contributed by atoms with E-state index in [4.69, 9.17) is 0 Å². The lowest BCUT2D eigenvalue weighted by atomic mass is 10.1. The van der Waals surface area contributed by atoms with Crippen LogP contribution in [0.4, 0.5) is 0 Å². The molecule has 0 bridgehead atoms. The summed E-state index contributed by atoms with van der Waals surface area (Å²) < 4.78 is 0.945. The maximum Gasteiger partial charge on any atom is 0.251 e. The smallest absolute Gasteiger partial charge is 0.251 e. The average molecular weight is 368 g/mol. The fourth-order valence-corrected chi connectivity index (χ4v) is 2.49. The van der Waals surface area contributed by atoms with Crippen molar-refractivity contribution in [3.63, 3.8) is 0 Å². The molecule has 1 N–H and O–H groups in total. The first-order valence-electron chi connectivity index (χ1n) is 7.12. The van der Waals surface area contributed by atoms with E-state index in [9.17, 15) is 4.79 Å². The molecule has 4 nitrogen and oxygen atoms in total. The van der Waals surface area contributed by atoms with E-state index < -0.39 is 0 Å². The maximum atomic E-state index is 12.2. The van der Waals surface area contributed by atoms with E-state index in [1.807, 2.05) is 36.4 Å². The molecule has 0 aliphatic carbocycles. The lowest BCUT2D eigenvalue weighted by Gasteiger charge is -2.10. The second kappa shape index (κ2) is 7.15. The van der Waals surface area contributed by atoms with Crippen molar-refractivity contribution in [2.75, 3.05) is 0 Å². The number of benzene rings is 1. The highest BCUT2D eigenvalue weighted by Crippen LogP contribution is 2.20. The van der Waals surface area contributed by atoms with Gasteiger partial charge in [0.2, 0.25) is 0 Å². The second-order valence-electron chi connectivity index (χ2n) is 4.94. The molecule has 3 rings (SSSR count). The summed E-state index contributed by atoms with van der Waals surface area (Å²) in [4.78, 5) is 20.8. The van der Waals surface area contributed by atoms with E-state index in [-0.39, 0.29) is 5.91 Å². The van der Waals surface area contributed by atoms with Gasteiger partial charge in [0.15, 0.2) is 0 Å². The van der Waals surface area contributed by atoms with E-state index in [0.717, 1.165) is 21.3 Å². The first-order chi connectivity index (χ1) is 11.2. The molecule has 1 aromatic carbocycles. The lowest BCUT2D eigenvalue weighted by molar-refractivity contribution is 0.0951. The predicted molar refractivity (Wildman–Crippen MR) is 92.8 cm³/mol. The van der Waals surface area contributed by atoms with Crippen LogP contribution in [-0.4, -0.2) is 15.9 Å². The van der Waals surface area contributed by atoms with E-state index in [1.165, 1.54) is 0 Å². The molecule has 0 saturated heterocycles. The van der Waals surface area contributed by atoms with E-state index >= 15 is 0 Å². The van der Waals surface area contributed by atoms with Gasteiger partial charge in [0.05, 0.1) is 5.69 Å². The normalized spacial score (nSPS) is 10.3. The van der Waals surface area contributed by atoms with Gasteiger partial charge in [0, 0.05) is 40.7 Å². The van der Waals surface area contributed by atoms with Gasteiger partial charge in [-0.3, -0.25) is 14.8 Å². The van der Waals surface area contributed by atoms with Gasteiger partial charge in [0.25, 0.3) is 5.91 Å². The minimum Gasteiger partial charge on any atom is -0.348 e. The maximum absolute atomic E-state index is 12.2. The predicted octanol–water partition coefficient (Wildman–Crippen LogP) is 3.84. The second-order valence-corrected chi connectivity index (χ2v) is 5.86. The molecule has 3 aromatic rings. The third kappa shape index (κ3) is 3.81. The molecule has 0 unspecified atom stereocenters. The molecule has 0 saturated carbocycles. The number of pyridine rings is 2. The summed E-state index contributed by atoms with van der Waals surface area (Å²) in [5.74, 6) is -0.113. The molecule has 0 fully saturated rings. The molecule has 114 valence electrons. The number of aromatic nitrogens is 2. The number of nitrogens with one attached hydrogen (secondary N) is 1. The number of amides is 1. The number of carbonyl (C=O) groups is 1. The van der Waals surface area contributed by atoms with Crippen LogP contribution in [0.3, 0.4) is 0 Å². The Hall–Kier alpha value is -2.53. The zero-order valence-corrected chi connectivity index (χ0v) is 13.8. The number of halogens is 1. The largest absolute Gasteiger partial charge is 0.348 e. The number of rotatable bonds is 4. The molecule has 1 amide bonds. The molecule has 2 heterocycles. The number of nitrogens with zero attached hydrogens (tertiary/aromatic N) is 2. The summed E-state index contributed by atoms with van der Waals surface area (Å²) in [6.45, 7) is 0.410. The average Bonchev–Trinajstić information content (AvgIpc) is 2.61. The monoisotopic (exact) mass is 367 g/mol. The van der Waals surface area contributed by atoms with Gasteiger partial charge in [-0.1, -0.05) is 22.0 Å². The first kappa shape index (κ1) is 15.4. The fourth-order valence-electron chi connectivity index (χ4n) is 2.22. The van der Waals surface area contributed by atoms with Crippen LogP contribution in [0.25, 0.3) is 11.3 Å². The van der Waals surface area contributed by atoms with Crippen LogP contribution in [0.5, 0.6) is 0 Å². The molecule has 2 aromatic heterocycles. The third-order valence-corrected chi connectivity index (χ3v) is 3.90. The van der Waals surface area contributed by atoms with Crippen LogP contribution in [0, 0.1) is 0 Å². The Bertz CT molecular complexity index is 804. The first-order valence-corrected chi connectivity index (χ1v) is 7.91. The zero-order valence-electron chi connectivity index (χ0n) is 12.2. The summed E-state index contributed by atoms with van der Waals surface area (Å²) in [5, 5.41) is 2.93. The SMILES string of the molecule is O=C(NCc1cccnc1-c1cccnc1)c1ccc(Br)cc1. The quantitative estimate of drug-likeness (QED) is 0.762. The number of hydrogen-bond acceptors (Lipinski definition) is 3. The van der Waals surface area contributed by atoms with Crippen LogP contribution >= 0.6 is 15.9 Å². The summed E-state index contributed by atoms with van der Waals surface area (Å²) in [5.41, 5.74) is 3.34. The van der Waals surface area contributed by atoms with Crippen LogP contribution in [0.15, 0.2) is 71.6 Å². The highest BCUT2D eigenvalue weighted by atomic mass is 79.9. The molecule has 0 spiro atoms. The molecule has 0 aliphatic rings. The number of hydrogen-bond donors (Lipinski definition) is 1. The van der Waals surface area contributed by atoms with Crippen LogP contribution in [0.2, 0.25) is 0 Å². The van der Waals surface area contributed by atoms with Gasteiger partial charge in [-0.25, -0.2) is 0 Å². The zero-order chi connectivity index (χ0) is 16.1. The van der Waals surface area contributed by atoms with Crippen molar-refractivity contribution < 1.29 is 4.79 Å². The lowest BCUT2D eigenvalue weighted by Crippen LogP contribution is -2.23. The van der Waals surface area contributed by atoms with Crippen molar-refractivity contribution in [2.24, 2.45) is 0 Å². The molecule has 5 heteroatoms. The standard InChI is InChI=1S/C18H14BrN3O/c19-16-7-5-13(6-8-16)18(23)22-12-15-4-2-10-21-17(15)14-3-1-9-20-11-14/h1-11H,12H2,(H,22,23). The van der Waals surface area contributed by atoms with Crippen molar-refractivity contribution in [3.8, 4) is 11.3 Å². The highest BCUT2D eigenvalue weighted by Gasteiger charge is 2.09. The van der Waals surface area contributed by atoms with Gasteiger partial charge >= 0.3 is 0 Å². The Morgan fingerprint density at radius 2 is 1.83 bits per heavy atom. The Morgan fingerprint density at radius 3 is 2.57 bits per heavy atom. The van der Waals surface area contributed by atoms with Crippen LogP contribution in [-0.2, 0) is 6.54 Å². The molecule has 23 heavy (non-hydrogen) atoms. The Kier molecular flexibility index (Phi) is 4.78. The summed E-state index contributed by atoms with van der Waals surface area (Å²) in [7, 11) is 0. The van der Waals surface area contributed by atoms with Crippen molar-refractivity contribution in [1.82, 2.24) is 15.3 Å². The fraction of sp³-hybridized carbons (Fsp3) is 0.0556. The summed E-state index contributed by atoms with van der Waals surface area (Å²) in [6, 6.07) is 14.9. The minimum absolute atomic E-state index is 0.113. The molecule has 0 radical (unpaired) electrons. The molecule has 0 aliphatic heterocycles. The summed E-state index contributed by atoms with van der Waals surface area (Å²) in [6.07, 6.45) is 5.23. The van der Waals surface area contributed by atoms with Crippen molar-refractivity contribution in [2.45, 2.75) is 6.54 Å². The molecule has 0 atom stereocenters. The van der Waals surface area contributed by atoms with Gasteiger partial charge in [0.1, 0.15) is 0 Å². The number of carbonyl (C=O) groups excluding carboxylic acids is 1. The van der Waals surface area contributed by atoms with Crippen molar-refractivity contribution >= 4 is 21.8 Å². The van der Waals surface area contributed by atoms with Crippen molar-refractivity contribution in [1.29, 1.82) is 0 Å². The van der Waals surface area contributed by atoms with Crippen LogP contribution < -0.4 is 5.32 Å². The summed E-state index contributed by atoms with van der Waals surface area (Å²) >= 11 is 3.36. The Labute approximate surface area is 142 Å². The van der Waals surface area contributed by atoms with E-state index in [2.05, 4.69) is 31.2 Å². The Morgan fingerprint density at radius 1 is 1.04 bits per heavy atom. The molecular weight excluding hydrogens is 354 g/mol. The van der Waals surface area contributed by atoms with Gasteiger partial charge in [-0.05, 0) is 48.0 Å². The third-order valence-electron chi connectivity index (χ3n) is 3.37. The van der Waals surface area contributed by atoms with Crippen LogP contribution in [0.1, 0.15) is 15.9 Å². The van der Waals surface area contributed by atoms with Gasteiger partial charge in [-0.15, -0.1) is 0 Å². The Balaban J connectivity index is 1.76.